The van der Waals surface area contributed by atoms with Crippen LogP contribution >= 0.6 is 11.8 Å². The van der Waals surface area contributed by atoms with Crippen LogP contribution in [-0.4, -0.2) is 11.2 Å². The van der Waals surface area contributed by atoms with Crippen LogP contribution in [0.3, 0.4) is 0 Å². The summed E-state index contributed by atoms with van der Waals surface area (Å²) in [5, 5.41) is 1.31. The number of hydrogen-bond acceptors (Lipinski definition) is 2. The molecule has 5 heteroatoms. The lowest BCUT2D eigenvalue weighted by Crippen LogP contribution is -2.28. The third-order valence-corrected chi connectivity index (χ3v) is 1.26. The molecule has 9 heavy (non-hydrogen) atoms. The minimum Gasteiger partial charge on any atom is -0.268 e. The number of halogens is 3. The van der Waals surface area contributed by atoms with Gasteiger partial charge in [0.25, 0.3) is 0 Å². The molecule has 0 aromatic heterocycles. The third kappa shape index (κ3) is 1.54. The molecule has 1 heterocycles. The quantitative estimate of drug-likeness (QED) is 0.490. The van der Waals surface area contributed by atoms with Gasteiger partial charge in [-0.25, -0.2) is 0 Å². The fourth-order valence-corrected chi connectivity index (χ4v) is 0.867. The topological polar surface area (TPSA) is 3.24 Å². The van der Waals surface area contributed by atoms with Gasteiger partial charge in [-0.15, -0.1) is 0 Å². The fraction of sp³-hybridized carbons (Fsp3) is 0.250. The Hall–Kier alpha value is -0.320. The van der Waals surface area contributed by atoms with E-state index >= 15 is 0 Å². The minimum absolute atomic E-state index is 0.0810. The van der Waals surface area contributed by atoms with Crippen molar-refractivity contribution in [2.75, 3.05) is 0 Å². The fourth-order valence-electron chi connectivity index (χ4n) is 0.345. The van der Waals surface area contributed by atoms with Crippen molar-refractivity contribution in [2.24, 2.45) is 0 Å². The summed E-state index contributed by atoms with van der Waals surface area (Å²) in [4.78, 5) is 0.0810. The van der Waals surface area contributed by atoms with Crippen LogP contribution in [0.25, 0.3) is 0 Å². The summed E-state index contributed by atoms with van der Waals surface area (Å²) in [5.41, 5.74) is 0. The maximum absolute atomic E-state index is 11.6. The van der Waals surface area contributed by atoms with Crippen molar-refractivity contribution in [2.45, 2.75) is 6.30 Å². The van der Waals surface area contributed by atoms with Gasteiger partial charge in [0.15, 0.2) is 5.88 Å². The predicted octanol–water partition coefficient (Wildman–Crippen LogP) is 2.02. The lowest BCUT2D eigenvalue weighted by atomic mass is 10.8. The highest BCUT2D eigenvalue weighted by molar-refractivity contribution is 8.04. The molecule has 1 rings (SSSR count). The van der Waals surface area contributed by atoms with Crippen LogP contribution in [0.2, 0.25) is 0 Å². The molecule has 0 amide bonds. The van der Waals surface area contributed by atoms with Crippen LogP contribution in [0, 0.1) is 5.88 Å². The largest absolute Gasteiger partial charge is 0.485 e. The molecule has 0 aromatic carbocycles. The van der Waals surface area contributed by atoms with Gasteiger partial charge in [0.2, 0.25) is 0 Å². The molecule has 50 valence electrons. The van der Waals surface area contributed by atoms with Gasteiger partial charge in [0.1, 0.15) is 0 Å². The summed E-state index contributed by atoms with van der Waals surface area (Å²) >= 11 is 0.884. The molecular formula is C4H2F3NS. The summed E-state index contributed by atoms with van der Waals surface area (Å²) < 4.78 is 34.7. The molecule has 2 radical (unpaired) electrons. The maximum atomic E-state index is 11.6. The Bertz CT molecular complexity index is 130. The Labute approximate surface area is 54.5 Å². The van der Waals surface area contributed by atoms with Gasteiger partial charge in [-0.1, -0.05) is 11.8 Å². The summed E-state index contributed by atoms with van der Waals surface area (Å²) in [6.07, 6.45) is -3.38. The van der Waals surface area contributed by atoms with Crippen LogP contribution in [0.15, 0.2) is 11.6 Å². The van der Waals surface area contributed by atoms with E-state index in [0.29, 0.717) is 0 Å². The van der Waals surface area contributed by atoms with Crippen molar-refractivity contribution in [1.82, 2.24) is 4.90 Å². The first kappa shape index (κ1) is 6.80. The zero-order valence-electron chi connectivity index (χ0n) is 4.14. The summed E-state index contributed by atoms with van der Waals surface area (Å²) in [7, 11) is 0. The summed E-state index contributed by atoms with van der Waals surface area (Å²) in [5.74, 6) is 2.01. The lowest BCUT2D eigenvalue weighted by Gasteiger charge is -2.15. The standard InChI is InChI=1S/C4H2F3NS/c5-4(6,7)8-1-2-9-3-8/h1-2H. The lowest BCUT2D eigenvalue weighted by molar-refractivity contribution is -0.213. The number of alkyl halides is 3. The van der Waals surface area contributed by atoms with Gasteiger partial charge >= 0.3 is 6.30 Å². The normalized spacial score (nSPS) is 19.2. The molecule has 0 saturated carbocycles. The highest BCUT2D eigenvalue weighted by atomic mass is 32.2. The third-order valence-electron chi connectivity index (χ3n) is 0.702. The molecule has 0 aromatic rings. The first-order valence-electron chi connectivity index (χ1n) is 2.05. The Morgan fingerprint density at radius 2 is 2.11 bits per heavy atom. The second kappa shape index (κ2) is 2.13. The summed E-state index contributed by atoms with van der Waals surface area (Å²) in [6, 6.07) is 0. The van der Waals surface area contributed by atoms with E-state index in [1.54, 1.807) is 0 Å². The van der Waals surface area contributed by atoms with E-state index in [1.807, 2.05) is 5.88 Å². The van der Waals surface area contributed by atoms with Crippen molar-refractivity contribution >= 4 is 11.8 Å². The maximum Gasteiger partial charge on any atom is 0.485 e. The molecule has 0 aliphatic carbocycles. The number of rotatable bonds is 0. The van der Waals surface area contributed by atoms with E-state index in [1.165, 1.54) is 5.41 Å². The molecule has 1 aliphatic heterocycles. The Kier molecular flexibility index (Phi) is 1.61. The monoisotopic (exact) mass is 153 g/mol. The van der Waals surface area contributed by atoms with Gasteiger partial charge in [-0.2, -0.15) is 13.2 Å². The molecule has 0 bridgehead atoms. The molecule has 0 atom stereocenters. The van der Waals surface area contributed by atoms with E-state index in [9.17, 15) is 13.2 Å². The molecule has 1 nitrogen and oxygen atoms in total. The first-order valence-corrected chi connectivity index (χ1v) is 2.93. The highest BCUT2D eigenvalue weighted by Gasteiger charge is 2.36. The molecular weight excluding hydrogens is 151 g/mol. The molecule has 0 fully saturated rings. The smallest absolute Gasteiger partial charge is 0.268 e. The SMILES string of the molecule is FC(F)(F)N1[C]SC=C1. The van der Waals surface area contributed by atoms with E-state index in [0.717, 1.165) is 18.0 Å². The average molecular weight is 153 g/mol. The van der Waals surface area contributed by atoms with Crippen LogP contribution < -0.4 is 0 Å². The van der Waals surface area contributed by atoms with Gasteiger partial charge < -0.3 is 0 Å². The highest BCUT2D eigenvalue weighted by Crippen LogP contribution is 2.31. The molecule has 0 spiro atoms. The Morgan fingerprint density at radius 1 is 1.44 bits per heavy atom. The second-order valence-corrected chi connectivity index (χ2v) is 2.02. The Balaban J connectivity index is 2.53. The van der Waals surface area contributed by atoms with Crippen molar-refractivity contribution in [3.05, 3.63) is 17.5 Å². The van der Waals surface area contributed by atoms with Crippen molar-refractivity contribution in [1.29, 1.82) is 0 Å². The van der Waals surface area contributed by atoms with Gasteiger partial charge in [-0.3, -0.25) is 4.90 Å². The van der Waals surface area contributed by atoms with Crippen LogP contribution in [-0.2, 0) is 0 Å². The zero-order valence-corrected chi connectivity index (χ0v) is 4.96. The number of hydrogen-bond donors (Lipinski definition) is 0. The molecule has 1 aliphatic rings. The Morgan fingerprint density at radius 3 is 2.33 bits per heavy atom. The van der Waals surface area contributed by atoms with Gasteiger partial charge in [0.05, 0.1) is 0 Å². The van der Waals surface area contributed by atoms with E-state index in [2.05, 4.69) is 0 Å². The van der Waals surface area contributed by atoms with E-state index in [4.69, 9.17) is 0 Å². The van der Waals surface area contributed by atoms with E-state index < -0.39 is 6.30 Å². The number of nitrogens with zero attached hydrogens (tertiary/aromatic N) is 1. The molecule has 0 saturated heterocycles. The van der Waals surface area contributed by atoms with Crippen LogP contribution in [0.4, 0.5) is 13.2 Å². The van der Waals surface area contributed by atoms with E-state index in [-0.39, 0.29) is 4.90 Å². The predicted molar refractivity (Wildman–Crippen MR) is 27.9 cm³/mol. The minimum atomic E-state index is -4.31. The number of thioether (sulfide) groups is 1. The first-order chi connectivity index (χ1) is 4.11. The average Bonchev–Trinajstić information content (AvgIpc) is 2.08. The molecule has 0 N–H and O–H groups in total. The summed E-state index contributed by atoms with van der Waals surface area (Å²) in [6.45, 7) is 0. The van der Waals surface area contributed by atoms with Gasteiger partial charge in [-0.05, 0) is 5.41 Å². The van der Waals surface area contributed by atoms with Crippen molar-refractivity contribution in [3.63, 3.8) is 0 Å². The zero-order chi connectivity index (χ0) is 6.91. The van der Waals surface area contributed by atoms with Crippen molar-refractivity contribution < 1.29 is 13.2 Å². The second-order valence-electron chi connectivity index (χ2n) is 1.33. The van der Waals surface area contributed by atoms with Crippen molar-refractivity contribution in [3.8, 4) is 0 Å². The molecule has 0 unspecified atom stereocenters. The van der Waals surface area contributed by atoms with Gasteiger partial charge in [0, 0.05) is 6.20 Å². The van der Waals surface area contributed by atoms with Crippen LogP contribution in [0.1, 0.15) is 0 Å². The van der Waals surface area contributed by atoms with Crippen LogP contribution in [0.5, 0.6) is 0 Å².